The summed E-state index contributed by atoms with van der Waals surface area (Å²) in [5, 5.41) is 3.46. The molecule has 2 amide bonds. The topological polar surface area (TPSA) is 86.8 Å². The number of carbonyl (C=O) groups is 2. The molecule has 0 saturated carbocycles. The average Bonchev–Trinajstić information content (AvgIpc) is 2.89. The van der Waals surface area contributed by atoms with Gasteiger partial charge in [-0.15, -0.1) is 0 Å². The first-order chi connectivity index (χ1) is 19.2. The van der Waals surface area contributed by atoms with E-state index in [1.54, 1.807) is 49.4 Å². The number of rotatable bonds is 10. The van der Waals surface area contributed by atoms with E-state index in [0.717, 1.165) is 9.87 Å². The molecule has 3 rings (SSSR count). The van der Waals surface area contributed by atoms with Gasteiger partial charge in [0.05, 0.1) is 20.6 Å². The number of nitrogens with one attached hydrogen (secondary N) is 1. The Morgan fingerprint density at radius 3 is 2.10 bits per heavy atom. The highest BCUT2D eigenvalue weighted by Crippen LogP contribution is 2.36. The molecule has 220 valence electrons. The van der Waals surface area contributed by atoms with Gasteiger partial charge in [0.25, 0.3) is 10.0 Å². The van der Waals surface area contributed by atoms with Crippen molar-refractivity contribution in [2.24, 2.45) is 0 Å². The van der Waals surface area contributed by atoms with E-state index in [4.69, 9.17) is 34.8 Å². The van der Waals surface area contributed by atoms with Crippen LogP contribution in [0.4, 0.5) is 5.69 Å². The molecule has 0 bridgehead atoms. The van der Waals surface area contributed by atoms with Crippen LogP contribution in [-0.2, 0) is 26.2 Å². The predicted octanol–water partition coefficient (Wildman–Crippen LogP) is 6.87. The fourth-order valence-corrected chi connectivity index (χ4v) is 6.29. The van der Waals surface area contributed by atoms with Gasteiger partial charge in [0.2, 0.25) is 11.8 Å². The lowest BCUT2D eigenvalue weighted by Crippen LogP contribution is -2.55. The van der Waals surface area contributed by atoms with E-state index in [2.05, 4.69) is 5.32 Å². The molecule has 0 spiro atoms. The molecular weight excluding hydrogens is 605 g/mol. The van der Waals surface area contributed by atoms with E-state index in [9.17, 15) is 18.0 Å². The Balaban J connectivity index is 2.13. The number of nitrogens with zero attached hydrogens (tertiary/aromatic N) is 2. The Labute approximate surface area is 257 Å². The third-order valence-corrected chi connectivity index (χ3v) is 9.22. The number of aryl methyl sites for hydroxylation is 1. The lowest BCUT2D eigenvalue weighted by molar-refractivity contribution is -0.141. The molecular formula is C30H34Cl3N3O4S. The minimum atomic E-state index is -4.29. The number of benzene rings is 3. The maximum absolute atomic E-state index is 14.2. The molecule has 0 aliphatic carbocycles. The van der Waals surface area contributed by atoms with Gasteiger partial charge in [-0.25, -0.2) is 8.42 Å². The van der Waals surface area contributed by atoms with Crippen LogP contribution in [0.5, 0.6) is 0 Å². The Hall–Kier alpha value is -2.78. The summed E-state index contributed by atoms with van der Waals surface area (Å²) in [6.45, 7) is 8.50. The van der Waals surface area contributed by atoms with Gasteiger partial charge in [0.15, 0.2) is 0 Å². The maximum atomic E-state index is 14.2. The molecule has 1 atom stereocenters. The first-order valence-electron chi connectivity index (χ1n) is 13.0. The Morgan fingerprint density at radius 1 is 0.902 bits per heavy atom. The normalized spacial score (nSPS) is 12.5. The van der Waals surface area contributed by atoms with Crippen LogP contribution in [0.3, 0.4) is 0 Å². The number of sulfonamides is 1. The van der Waals surface area contributed by atoms with Crippen LogP contribution >= 0.6 is 34.8 Å². The zero-order chi connectivity index (χ0) is 30.5. The molecule has 1 unspecified atom stereocenters. The average molecular weight is 639 g/mol. The fraction of sp³-hybridized carbons (Fsp3) is 0.333. The number of carbonyl (C=O) groups excluding carboxylic acids is 2. The van der Waals surface area contributed by atoms with Crippen LogP contribution in [0.2, 0.25) is 15.1 Å². The molecule has 3 aromatic rings. The number of anilines is 1. The monoisotopic (exact) mass is 637 g/mol. The smallest absolute Gasteiger partial charge is 0.264 e. The van der Waals surface area contributed by atoms with E-state index in [-0.39, 0.29) is 39.5 Å². The third-order valence-electron chi connectivity index (χ3n) is 6.27. The quantitative estimate of drug-likeness (QED) is 0.263. The predicted molar refractivity (Wildman–Crippen MR) is 166 cm³/mol. The molecule has 1 N–H and O–H groups in total. The first kappa shape index (κ1) is 32.7. The van der Waals surface area contributed by atoms with E-state index < -0.39 is 34.1 Å². The second-order valence-corrected chi connectivity index (χ2v) is 13.7. The van der Waals surface area contributed by atoms with Crippen molar-refractivity contribution in [1.82, 2.24) is 10.2 Å². The summed E-state index contributed by atoms with van der Waals surface area (Å²) < 4.78 is 28.9. The minimum Gasteiger partial charge on any atom is -0.350 e. The van der Waals surface area contributed by atoms with E-state index in [0.29, 0.717) is 10.6 Å². The summed E-state index contributed by atoms with van der Waals surface area (Å²) in [6, 6.07) is 16.9. The fourth-order valence-electron chi connectivity index (χ4n) is 4.22. The van der Waals surface area contributed by atoms with Crippen molar-refractivity contribution >= 4 is 62.3 Å². The zero-order valence-electron chi connectivity index (χ0n) is 23.6. The second kappa shape index (κ2) is 13.5. The summed E-state index contributed by atoms with van der Waals surface area (Å²) in [4.78, 5) is 28.9. The summed E-state index contributed by atoms with van der Waals surface area (Å²) in [5.41, 5.74) is 0.962. The molecule has 0 saturated heterocycles. The van der Waals surface area contributed by atoms with E-state index in [1.165, 1.54) is 29.2 Å². The van der Waals surface area contributed by atoms with Crippen molar-refractivity contribution in [1.29, 1.82) is 0 Å². The molecule has 3 aromatic carbocycles. The second-order valence-electron chi connectivity index (χ2n) is 10.7. The van der Waals surface area contributed by atoms with E-state index in [1.807, 2.05) is 27.7 Å². The number of halogens is 3. The molecule has 0 aromatic heterocycles. The van der Waals surface area contributed by atoms with Crippen molar-refractivity contribution in [3.8, 4) is 0 Å². The van der Waals surface area contributed by atoms with Gasteiger partial charge in [-0.1, -0.05) is 83.7 Å². The standard InChI is InChI=1S/C30H34Cl3N3O4S/c1-6-25(29(38)34-30(3,4)5)35(18-21-10-7-8-11-23(21)31)27(37)19-36(26-13-9-12-24(32)28(26)33)41(39,40)22-16-14-20(2)15-17-22/h7-17,25H,6,18-19H2,1-5H3,(H,34,38). The highest BCUT2D eigenvalue weighted by Gasteiger charge is 2.35. The minimum absolute atomic E-state index is 0.0176. The van der Waals surface area contributed by atoms with Gasteiger partial charge in [0, 0.05) is 17.1 Å². The first-order valence-corrected chi connectivity index (χ1v) is 15.6. The Morgan fingerprint density at radius 2 is 1.51 bits per heavy atom. The SMILES string of the molecule is CCC(C(=O)NC(C)(C)C)N(Cc1ccccc1Cl)C(=O)CN(c1cccc(Cl)c1Cl)S(=O)(=O)c1ccc(C)cc1. The van der Waals surface area contributed by atoms with Gasteiger partial charge in [-0.2, -0.15) is 0 Å². The summed E-state index contributed by atoms with van der Waals surface area (Å²) >= 11 is 19.2. The van der Waals surface area contributed by atoms with Crippen LogP contribution in [0.1, 0.15) is 45.2 Å². The summed E-state index contributed by atoms with van der Waals surface area (Å²) in [5.74, 6) is -0.985. The van der Waals surface area contributed by atoms with Crippen LogP contribution in [0.15, 0.2) is 71.6 Å². The largest absolute Gasteiger partial charge is 0.350 e. The molecule has 7 nitrogen and oxygen atoms in total. The zero-order valence-corrected chi connectivity index (χ0v) is 26.7. The Bertz CT molecular complexity index is 1510. The summed E-state index contributed by atoms with van der Waals surface area (Å²) in [7, 11) is -4.29. The van der Waals surface area contributed by atoms with Crippen molar-refractivity contribution in [2.75, 3.05) is 10.8 Å². The molecule has 0 heterocycles. The van der Waals surface area contributed by atoms with Crippen LogP contribution in [0, 0.1) is 6.92 Å². The van der Waals surface area contributed by atoms with Crippen molar-refractivity contribution in [2.45, 2.75) is 64.1 Å². The number of amides is 2. The van der Waals surface area contributed by atoms with Crippen molar-refractivity contribution in [3.05, 3.63) is 92.9 Å². The lowest BCUT2D eigenvalue weighted by atomic mass is 10.1. The number of hydrogen-bond acceptors (Lipinski definition) is 4. The summed E-state index contributed by atoms with van der Waals surface area (Å²) in [6.07, 6.45) is 0.279. The molecule has 0 aliphatic heterocycles. The van der Waals surface area contributed by atoms with E-state index >= 15 is 0 Å². The van der Waals surface area contributed by atoms with Crippen LogP contribution < -0.4 is 9.62 Å². The van der Waals surface area contributed by atoms with Crippen molar-refractivity contribution in [3.63, 3.8) is 0 Å². The number of hydrogen-bond donors (Lipinski definition) is 1. The van der Waals surface area contributed by atoms with Gasteiger partial charge in [-0.3, -0.25) is 13.9 Å². The Kier molecular flexibility index (Phi) is 10.7. The van der Waals surface area contributed by atoms with Crippen molar-refractivity contribution < 1.29 is 18.0 Å². The maximum Gasteiger partial charge on any atom is 0.264 e. The van der Waals surface area contributed by atoms with Gasteiger partial charge >= 0.3 is 0 Å². The third kappa shape index (κ3) is 8.16. The highest BCUT2D eigenvalue weighted by molar-refractivity contribution is 7.92. The van der Waals surface area contributed by atoms with Gasteiger partial charge in [0.1, 0.15) is 12.6 Å². The highest BCUT2D eigenvalue weighted by atomic mass is 35.5. The molecule has 0 aliphatic rings. The molecule has 0 fully saturated rings. The molecule has 11 heteroatoms. The van der Waals surface area contributed by atoms with Gasteiger partial charge in [-0.05, 0) is 70.0 Å². The van der Waals surface area contributed by atoms with Crippen LogP contribution in [-0.4, -0.2) is 43.3 Å². The lowest BCUT2D eigenvalue weighted by Gasteiger charge is -2.35. The molecule has 41 heavy (non-hydrogen) atoms. The molecule has 0 radical (unpaired) electrons. The van der Waals surface area contributed by atoms with Gasteiger partial charge < -0.3 is 10.2 Å². The van der Waals surface area contributed by atoms with Crippen LogP contribution in [0.25, 0.3) is 0 Å².